The zero-order valence-corrected chi connectivity index (χ0v) is 11.2. The van der Waals surface area contributed by atoms with Crippen molar-refractivity contribution in [1.82, 2.24) is 5.06 Å². The molecule has 1 fully saturated rings. The van der Waals surface area contributed by atoms with E-state index >= 15 is 0 Å². The monoisotopic (exact) mass is 253 g/mol. The lowest BCUT2D eigenvalue weighted by Gasteiger charge is -2.26. The highest BCUT2D eigenvalue weighted by molar-refractivity contribution is 5.67. The molecule has 2 rings (SSSR count). The predicted octanol–water partition coefficient (Wildman–Crippen LogP) is 3.20. The molecular formula is C13H19NO4. The van der Waals surface area contributed by atoms with Gasteiger partial charge < -0.3 is 9.15 Å². The molecule has 1 amide bonds. The van der Waals surface area contributed by atoms with Gasteiger partial charge in [0.25, 0.3) is 0 Å². The lowest BCUT2D eigenvalue weighted by atomic mass is 10.1. The van der Waals surface area contributed by atoms with Gasteiger partial charge in [0, 0.05) is 6.42 Å². The molecule has 1 saturated heterocycles. The van der Waals surface area contributed by atoms with Gasteiger partial charge in [-0.2, -0.15) is 5.06 Å². The quantitative estimate of drug-likeness (QED) is 0.771. The largest absolute Gasteiger partial charge is 0.467 e. The molecule has 1 aliphatic rings. The zero-order valence-electron chi connectivity index (χ0n) is 11.2. The molecule has 0 unspecified atom stereocenters. The highest BCUT2D eigenvalue weighted by Gasteiger charge is 2.36. The van der Waals surface area contributed by atoms with E-state index in [-0.39, 0.29) is 6.04 Å². The van der Waals surface area contributed by atoms with Crippen LogP contribution in [0.5, 0.6) is 0 Å². The van der Waals surface area contributed by atoms with Crippen LogP contribution in [0.4, 0.5) is 4.79 Å². The first-order valence-corrected chi connectivity index (χ1v) is 6.07. The predicted molar refractivity (Wildman–Crippen MR) is 64.8 cm³/mol. The molecule has 1 aromatic heterocycles. The SMILES string of the molecule is Cc1coc([C@@H]2CCON2C(=O)OC(C)(C)C)c1. The third-order valence-corrected chi connectivity index (χ3v) is 2.56. The lowest BCUT2D eigenvalue weighted by Crippen LogP contribution is -2.35. The number of rotatable bonds is 1. The summed E-state index contributed by atoms with van der Waals surface area (Å²) in [6.45, 7) is 7.91. The Labute approximate surface area is 107 Å². The highest BCUT2D eigenvalue weighted by Crippen LogP contribution is 2.32. The number of amides is 1. The van der Waals surface area contributed by atoms with Crippen molar-refractivity contribution in [1.29, 1.82) is 0 Å². The molecule has 1 aromatic rings. The second-order valence-corrected chi connectivity index (χ2v) is 5.47. The number of hydrogen-bond donors (Lipinski definition) is 0. The van der Waals surface area contributed by atoms with Gasteiger partial charge in [-0.15, -0.1) is 0 Å². The summed E-state index contributed by atoms with van der Waals surface area (Å²) < 4.78 is 10.7. The van der Waals surface area contributed by atoms with Crippen LogP contribution in [0, 0.1) is 6.92 Å². The fourth-order valence-electron chi connectivity index (χ4n) is 1.84. The Bertz CT molecular complexity index is 432. The zero-order chi connectivity index (χ0) is 13.3. The van der Waals surface area contributed by atoms with E-state index in [2.05, 4.69) is 0 Å². The Kier molecular flexibility index (Phi) is 3.34. The van der Waals surface area contributed by atoms with Crippen LogP contribution in [0.15, 0.2) is 16.7 Å². The number of nitrogens with zero attached hydrogens (tertiary/aromatic N) is 1. The van der Waals surface area contributed by atoms with Crippen LogP contribution in [0.3, 0.4) is 0 Å². The van der Waals surface area contributed by atoms with E-state index in [1.165, 1.54) is 5.06 Å². The molecule has 0 N–H and O–H groups in total. The number of carbonyl (C=O) groups excluding carboxylic acids is 1. The number of carbonyl (C=O) groups is 1. The van der Waals surface area contributed by atoms with Gasteiger partial charge in [-0.05, 0) is 39.3 Å². The fraction of sp³-hybridized carbons (Fsp3) is 0.615. The average molecular weight is 253 g/mol. The molecule has 0 bridgehead atoms. The second-order valence-electron chi connectivity index (χ2n) is 5.47. The molecule has 0 saturated carbocycles. The van der Waals surface area contributed by atoms with Crippen LogP contribution in [0.2, 0.25) is 0 Å². The molecule has 1 aliphatic heterocycles. The minimum Gasteiger partial charge on any atom is -0.467 e. The van der Waals surface area contributed by atoms with Crippen LogP contribution in [-0.4, -0.2) is 23.4 Å². The van der Waals surface area contributed by atoms with E-state index in [1.807, 2.05) is 33.8 Å². The normalized spacial score (nSPS) is 20.2. The van der Waals surface area contributed by atoms with Crippen LogP contribution in [-0.2, 0) is 9.57 Å². The summed E-state index contributed by atoms with van der Waals surface area (Å²) in [6, 6.07) is 1.71. The van der Waals surface area contributed by atoms with Gasteiger partial charge in [0.1, 0.15) is 17.4 Å². The van der Waals surface area contributed by atoms with Crippen LogP contribution in [0.1, 0.15) is 44.6 Å². The second kappa shape index (κ2) is 4.65. The van der Waals surface area contributed by atoms with E-state index in [0.717, 1.165) is 11.3 Å². The van der Waals surface area contributed by atoms with Crippen molar-refractivity contribution in [3.63, 3.8) is 0 Å². The minimum absolute atomic E-state index is 0.200. The van der Waals surface area contributed by atoms with E-state index < -0.39 is 11.7 Å². The molecule has 0 radical (unpaired) electrons. The van der Waals surface area contributed by atoms with Crippen molar-refractivity contribution < 1.29 is 18.8 Å². The van der Waals surface area contributed by atoms with Gasteiger partial charge in [-0.3, -0.25) is 4.84 Å². The molecule has 1 atom stereocenters. The standard InChI is InChI=1S/C13H19NO4/c1-9-7-11(16-8-9)10-5-6-17-14(10)12(15)18-13(2,3)4/h7-8,10H,5-6H2,1-4H3/t10-/m0/s1. The molecule has 2 heterocycles. The molecular weight excluding hydrogens is 234 g/mol. The van der Waals surface area contributed by atoms with Crippen LogP contribution >= 0.6 is 0 Å². The number of aryl methyl sites for hydroxylation is 1. The lowest BCUT2D eigenvalue weighted by molar-refractivity contribution is -0.127. The summed E-state index contributed by atoms with van der Waals surface area (Å²) in [4.78, 5) is 17.3. The first kappa shape index (κ1) is 13.0. The fourth-order valence-corrected chi connectivity index (χ4v) is 1.84. The third kappa shape index (κ3) is 2.85. The number of hydrogen-bond acceptors (Lipinski definition) is 4. The molecule has 100 valence electrons. The first-order chi connectivity index (χ1) is 8.37. The number of hydroxylamine groups is 2. The van der Waals surface area contributed by atoms with Gasteiger partial charge in [0.05, 0.1) is 12.9 Å². The number of ether oxygens (including phenoxy) is 1. The van der Waals surface area contributed by atoms with E-state index in [0.29, 0.717) is 13.0 Å². The molecule has 0 aromatic carbocycles. The summed E-state index contributed by atoms with van der Waals surface area (Å²) in [5.74, 6) is 0.732. The van der Waals surface area contributed by atoms with E-state index in [9.17, 15) is 4.79 Å². The maximum absolute atomic E-state index is 12.0. The molecule has 0 spiro atoms. The van der Waals surface area contributed by atoms with Crippen molar-refractivity contribution in [2.24, 2.45) is 0 Å². The Morgan fingerprint density at radius 1 is 1.50 bits per heavy atom. The smallest absolute Gasteiger partial charge is 0.435 e. The number of furan rings is 1. The van der Waals surface area contributed by atoms with Gasteiger partial charge in [-0.25, -0.2) is 4.79 Å². The third-order valence-electron chi connectivity index (χ3n) is 2.56. The summed E-state index contributed by atoms with van der Waals surface area (Å²) >= 11 is 0. The molecule has 5 nitrogen and oxygen atoms in total. The van der Waals surface area contributed by atoms with E-state index in [1.54, 1.807) is 6.26 Å². The van der Waals surface area contributed by atoms with Gasteiger partial charge >= 0.3 is 6.09 Å². The summed E-state index contributed by atoms with van der Waals surface area (Å²) in [5.41, 5.74) is 0.494. The van der Waals surface area contributed by atoms with Crippen molar-refractivity contribution >= 4 is 6.09 Å². The Hall–Kier alpha value is -1.49. The van der Waals surface area contributed by atoms with Crippen molar-refractivity contribution in [2.45, 2.75) is 45.8 Å². The topological polar surface area (TPSA) is 51.9 Å². The summed E-state index contributed by atoms with van der Waals surface area (Å²) in [7, 11) is 0. The Morgan fingerprint density at radius 3 is 2.78 bits per heavy atom. The van der Waals surface area contributed by atoms with Crippen molar-refractivity contribution in [3.8, 4) is 0 Å². The van der Waals surface area contributed by atoms with Gasteiger partial charge in [-0.1, -0.05) is 0 Å². The molecule has 5 heteroatoms. The van der Waals surface area contributed by atoms with Crippen molar-refractivity contribution in [2.75, 3.05) is 6.61 Å². The summed E-state index contributed by atoms with van der Waals surface area (Å²) in [5, 5.41) is 1.27. The van der Waals surface area contributed by atoms with Gasteiger partial charge in [0.15, 0.2) is 0 Å². The van der Waals surface area contributed by atoms with Crippen LogP contribution in [0.25, 0.3) is 0 Å². The Balaban J connectivity index is 2.10. The maximum atomic E-state index is 12.0. The highest BCUT2D eigenvalue weighted by atomic mass is 16.7. The Morgan fingerprint density at radius 2 is 2.22 bits per heavy atom. The average Bonchev–Trinajstić information content (AvgIpc) is 2.81. The summed E-state index contributed by atoms with van der Waals surface area (Å²) in [6.07, 6.45) is 1.91. The molecule has 18 heavy (non-hydrogen) atoms. The first-order valence-electron chi connectivity index (χ1n) is 6.07. The van der Waals surface area contributed by atoms with Crippen molar-refractivity contribution in [3.05, 3.63) is 23.7 Å². The minimum atomic E-state index is -0.535. The maximum Gasteiger partial charge on any atom is 0.435 e. The van der Waals surface area contributed by atoms with Gasteiger partial charge in [0.2, 0.25) is 0 Å². The van der Waals surface area contributed by atoms with E-state index in [4.69, 9.17) is 14.0 Å². The molecule has 0 aliphatic carbocycles. The van der Waals surface area contributed by atoms with Crippen LogP contribution < -0.4 is 0 Å².